The van der Waals surface area contributed by atoms with Crippen molar-refractivity contribution >= 4 is 17.2 Å². The molecule has 1 aliphatic heterocycles. The molecule has 10 heteroatoms. The molecule has 2 N–H and O–H groups in total. The highest BCUT2D eigenvalue weighted by Crippen LogP contribution is 2.36. The van der Waals surface area contributed by atoms with E-state index in [0.717, 1.165) is 5.56 Å². The van der Waals surface area contributed by atoms with Crippen molar-refractivity contribution < 1.29 is 32.5 Å². The predicted molar refractivity (Wildman–Crippen MR) is 87.1 cm³/mol. The molecule has 1 aromatic carbocycles. The van der Waals surface area contributed by atoms with Gasteiger partial charge in [0.25, 0.3) is 0 Å². The van der Waals surface area contributed by atoms with Gasteiger partial charge in [-0.1, -0.05) is 0 Å². The maximum Gasteiger partial charge on any atom is 0.414 e. The number of alkyl halides is 3. The van der Waals surface area contributed by atoms with Crippen LogP contribution in [-0.4, -0.2) is 41.6 Å². The third kappa shape index (κ3) is 4.44. The number of aromatic nitrogens is 1. The second-order valence-corrected chi connectivity index (χ2v) is 6.44. The molecule has 0 aliphatic carbocycles. The topological polar surface area (TPSA) is 80.7 Å². The second kappa shape index (κ2) is 7.50. The number of halogens is 3. The van der Waals surface area contributed by atoms with E-state index >= 15 is 0 Å². The van der Waals surface area contributed by atoms with Crippen LogP contribution in [0.4, 0.5) is 13.2 Å². The van der Waals surface area contributed by atoms with E-state index in [1.54, 1.807) is 17.5 Å². The van der Waals surface area contributed by atoms with Gasteiger partial charge in [-0.3, -0.25) is 4.79 Å². The van der Waals surface area contributed by atoms with Crippen LogP contribution in [0.15, 0.2) is 23.6 Å². The fraction of sp³-hybridized carbons (Fsp3) is 0.375. The fourth-order valence-electron chi connectivity index (χ4n) is 2.29. The molecule has 0 fully saturated rings. The molecular weight excluding hydrogens is 373 g/mol. The summed E-state index contributed by atoms with van der Waals surface area (Å²) in [5.74, 6) is 0.827. The Labute approximate surface area is 150 Å². The number of hydrogen-bond acceptors (Lipinski definition) is 6. The highest BCUT2D eigenvalue weighted by Gasteiger charge is 2.37. The van der Waals surface area contributed by atoms with Crippen molar-refractivity contribution in [3.63, 3.8) is 0 Å². The van der Waals surface area contributed by atoms with Crippen molar-refractivity contribution in [2.75, 3.05) is 13.3 Å². The highest BCUT2D eigenvalue weighted by atomic mass is 32.1. The minimum Gasteiger partial charge on any atom is -0.454 e. The van der Waals surface area contributed by atoms with Crippen LogP contribution in [0, 0.1) is 0 Å². The molecule has 0 unspecified atom stereocenters. The van der Waals surface area contributed by atoms with Crippen LogP contribution in [0.5, 0.6) is 11.5 Å². The molecule has 1 atom stereocenters. The molecule has 1 aliphatic rings. The second-order valence-electron chi connectivity index (χ2n) is 5.58. The van der Waals surface area contributed by atoms with Crippen LogP contribution >= 0.6 is 11.3 Å². The van der Waals surface area contributed by atoms with Crippen molar-refractivity contribution in [3.8, 4) is 22.1 Å². The summed E-state index contributed by atoms with van der Waals surface area (Å²) in [7, 11) is 0. The van der Waals surface area contributed by atoms with Crippen LogP contribution in [0.2, 0.25) is 0 Å². The predicted octanol–water partition coefficient (Wildman–Crippen LogP) is 2.51. The van der Waals surface area contributed by atoms with Crippen LogP contribution in [-0.2, 0) is 11.2 Å². The number of aliphatic hydroxyl groups is 1. The molecular formula is C16H15F3N2O4S. The normalized spacial score (nSPS) is 14.3. The van der Waals surface area contributed by atoms with E-state index in [1.807, 2.05) is 6.07 Å². The van der Waals surface area contributed by atoms with Crippen molar-refractivity contribution in [2.45, 2.75) is 25.1 Å². The number of nitrogens with zero attached hydrogens (tertiary/aromatic N) is 1. The third-order valence-electron chi connectivity index (χ3n) is 3.63. The summed E-state index contributed by atoms with van der Waals surface area (Å²) in [5, 5.41) is 13.6. The molecule has 0 saturated heterocycles. The van der Waals surface area contributed by atoms with Gasteiger partial charge in [-0.25, -0.2) is 4.98 Å². The Morgan fingerprint density at radius 2 is 2.12 bits per heavy atom. The molecule has 140 valence electrons. The lowest BCUT2D eigenvalue weighted by Gasteiger charge is -2.14. The molecule has 0 bridgehead atoms. The number of amides is 1. The van der Waals surface area contributed by atoms with Gasteiger partial charge in [0.1, 0.15) is 5.01 Å². The standard InChI is InChI=1S/C16H15F3N2O4S/c17-16(18,19)13(22)3-4-20-14(23)6-10-7-26-15(21-10)9-1-2-11-12(5-9)25-8-24-11/h1-2,5,7,13,22H,3-4,6,8H2,(H,20,23)/t13-/m1/s1. The van der Waals surface area contributed by atoms with E-state index in [1.165, 1.54) is 11.3 Å². The summed E-state index contributed by atoms with van der Waals surface area (Å²) in [6, 6.07) is 5.40. The zero-order valence-corrected chi connectivity index (χ0v) is 14.2. The summed E-state index contributed by atoms with van der Waals surface area (Å²) < 4.78 is 47.1. The van der Waals surface area contributed by atoms with Gasteiger partial charge in [-0.05, 0) is 24.6 Å². The first-order valence-corrected chi connectivity index (χ1v) is 8.57. The van der Waals surface area contributed by atoms with Crippen LogP contribution in [0.3, 0.4) is 0 Å². The van der Waals surface area contributed by atoms with Crippen molar-refractivity contribution in [1.82, 2.24) is 10.3 Å². The van der Waals surface area contributed by atoms with Gasteiger partial charge in [0.05, 0.1) is 12.1 Å². The Morgan fingerprint density at radius 1 is 1.35 bits per heavy atom. The molecule has 2 heterocycles. The van der Waals surface area contributed by atoms with Gasteiger partial charge in [0.15, 0.2) is 17.6 Å². The molecule has 2 aromatic rings. The summed E-state index contributed by atoms with van der Waals surface area (Å²) in [5.41, 5.74) is 1.33. The van der Waals surface area contributed by atoms with Crippen molar-refractivity contribution in [1.29, 1.82) is 0 Å². The fourth-order valence-corrected chi connectivity index (χ4v) is 3.11. The number of nitrogens with one attached hydrogen (secondary N) is 1. The Hall–Kier alpha value is -2.33. The Balaban J connectivity index is 1.53. The number of ether oxygens (including phenoxy) is 2. The molecule has 6 nitrogen and oxygen atoms in total. The number of hydrogen-bond donors (Lipinski definition) is 2. The first kappa shape index (κ1) is 18.5. The average Bonchev–Trinajstić information content (AvgIpc) is 3.21. The van der Waals surface area contributed by atoms with Gasteiger partial charge >= 0.3 is 6.18 Å². The lowest BCUT2D eigenvalue weighted by Crippen LogP contribution is -2.34. The van der Waals surface area contributed by atoms with Crippen LogP contribution in [0.1, 0.15) is 12.1 Å². The average molecular weight is 388 g/mol. The zero-order chi connectivity index (χ0) is 18.7. The van der Waals surface area contributed by atoms with Gasteiger partial charge in [-0.2, -0.15) is 13.2 Å². The third-order valence-corrected chi connectivity index (χ3v) is 4.57. The summed E-state index contributed by atoms with van der Waals surface area (Å²) in [4.78, 5) is 16.2. The maximum atomic E-state index is 12.2. The minimum absolute atomic E-state index is 0.0524. The van der Waals surface area contributed by atoms with Gasteiger partial charge in [0, 0.05) is 17.5 Å². The number of fused-ring (bicyclic) bond motifs is 1. The van der Waals surface area contributed by atoms with Crippen LogP contribution < -0.4 is 14.8 Å². The van der Waals surface area contributed by atoms with Crippen molar-refractivity contribution in [3.05, 3.63) is 29.3 Å². The van der Waals surface area contributed by atoms with Gasteiger partial charge in [-0.15, -0.1) is 11.3 Å². The highest BCUT2D eigenvalue weighted by molar-refractivity contribution is 7.13. The molecule has 0 radical (unpaired) electrons. The number of carbonyl (C=O) groups is 1. The number of aliphatic hydroxyl groups excluding tert-OH is 1. The van der Waals surface area contributed by atoms with Crippen LogP contribution in [0.25, 0.3) is 10.6 Å². The van der Waals surface area contributed by atoms with E-state index in [9.17, 15) is 18.0 Å². The maximum absolute atomic E-state index is 12.2. The largest absolute Gasteiger partial charge is 0.454 e. The van der Waals surface area contributed by atoms with E-state index < -0.39 is 24.6 Å². The number of rotatable bonds is 6. The quantitative estimate of drug-likeness (QED) is 0.795. The zero-order valence-electron chi connectivity index (χ0n) is 13.4. The van der Waals surface area contributed by atoms with Crippen molar-refractivity contribution in [2.24, 2.45) is 0 Å². The molecule has 26 heavy (non-hydrogen) atoms. The smallest absolute Gasteiger partial charge is 0.414 e. The lowest BCUT2D eigenvalue weighted by atomic mass is 10.2. The molecule has 1 amide bonds. The van der Waals surface area contributed by atoms with Gasteiger partial charge in [0.2, 0.25) is 12.7 Å². The molecule has 3 rings (SSSR count). The van der Waals surface area contributed by atoms with Gasteiger partial charge < -0.3 is 19.9 Å². The summed E-state index contributed by atoms with van der Waals surface area (Å²) in [6.07, 6.45) is -7.77. The lowest BCUT2D eigenvalue weighted by molar-refractivity contribution is -0.205. The Kier molecular flexibility index (Phi) is 5.33. The molecule has 0 spiro atoms. The Bertz CT molecular complexity index is 794. The first-order chi connectivity index (χ1) is 12.3. The van der Waals surface area contributed by atoms with E-state index in [4.69, 9.17) is 14.6 Å². The summed E-state index contributed by atoms with van der Waals surface area (Å²) in [6.45, 7) is -0.0935. The van der Waals surface area contributed by atoms with E-state index in [2.05, 4.69) is 10.3 Å². The Morgan fingerprint density at radius 3 is 2.88 bits per heavy atom. The van der Waals surface area contributed by atoms with E-state index in [0.29, 0.717) is 22.2 Å². The molecule has 0 saturated carbocycles. The first-order valence-electron chi connectivity index (χ1n) is 7.69. The monoisotopic (exact) mass is 388 g/mol. The number of benzene rings is 1. The number of carbonyl (C=O) groups excluding carboxylic acids is 1. The minimum atomic E-state index is -4.68. The molecule has 1 aromatic heterocycles. The summed E-state index contributed by atoms with van der Waals surface area (Å²) >= 11 is 1.35. The SMILES string of the molecule is O=C(Cc1csc(-c2ccc3c(c2)OCO3)n1)NCC[C@@H](O)C(F)(F)F. The number of thiazole rings is 1. The van der Waals surface area contributed by atoms with E-state index in [-0.39, 0.29) is 19.8 Å².